The monoisotopic (exact) mass is 395 g/mol. The standard InChI is InChI=1S/C23H17N5O2/c1-27(19-8-2-15(13-24)3-9-19)23(30)18-10-11-28-21(12-18)20(14-26-28)16-4-6-17(7-5-16)22(25)29/h2-12,14H,1H3,(H2,25,29). The SMILES string of the molecule is CN(C(=O)c1ccn2ncc(-c3ccc(C(N)=O)cc3)c2c1)c1ccc(C#N)cc1. The van der Waals surface area contributed by atoms with Crippen LogP contribution in [0, 0.1) is 11.3 Å². The lowest BCUT2D eigenvalue weighted by molar-refractivity contribution is 0.0988. The number of hydrogen-bond donors (Lipinski definition) is 1. The normalized spacial score (nSPS) is 10.5. The number of carbonyl (C=O) groups is 2. The van der Waals surface area contributed by atoms with Gasteiger partial charge >= 0.3 is 0 Å². The molecule has 0 atom stereocenters. The zero-order chi connectivity index (χ0) is 21.3. The van der Waals surface area contributed by atoms with E-state index in [2.05, 4.69) is 11.2 Å². The number of amides is 2. The number of nitriles is 1. The highest BCUT2D eigenvalue weighted by atomic mass is 16.2. The van der Waals surface area contributed by atoms with Crippen molar-refractivity contribution in [3.05, 3.63) is 89.7 Å². The third kappa shape index (κ3) is 3.38. The first-order valence-electron chi connectivity index (χ1n) is 9.14. The summed E-state index contributed by atoms with van der Waals surface area (Å²) < 4.78 is 1.69. The van der Waals surface area contributed by atoms with Gasteiger partial charge in [-0.1, -0.05) is 12.1 Å². The molecule has 0 fully saturated rings. The van der Waals surface area contributed by atoms with Gasteiger partial charge in [0.1, 0.15) is 0 Å². The third-order valence-electron chi connectivity index (χ3n) is 4.94. The third-order valence-corrected chi connectivity index (χ3v) is 4.94. The summed E-state index contributed by atoms with van der Waals surface area (Å²) in [5.41, 5.74) is 9.92. The fourth-order valence-electron chi connectivity index (χ4n) is 3.22. The van der Waals surface area contributed by atoms with Crippen molar-refractivity contribution in [2.45, 2.75) is 0 Å². The molecule has 0 bridgehead atoms. The van der Waals surface area contributed by atoms with Gasteiger partial charge in [-0.25, -0.2) is 4.52 Å². The average molecular weight is 395 g/mol. The molecule has 30 heavy (non-hydrogen) atoms. The van der Waals surface area contributed by atoms with Crippen LogP contribution >= 0.6 is 0 Å². The van der Waals surface area contributed by atoms with Crippen LogP contribution in [-0.2, 0) is 0 Å². The van der Waals surface area contributed by atoms with Gasteiger partial charge in [0.05, 0.1) is 23.3 Å². The molecule has 4 aromatic rings. The molecule has 0 aliphatic heterocycles. The Bertz CT molecular complexity index is 1300. The van der Waals surface area contributed by atoms with Crippen LogP contribution in [-0.4, -0.2) is 28.5 Å². The molecule has 7 heteroatoms. The van der Waals surface area contributed by atoms with E-state index in [4.69, 9.17) is 11.0 Å². The van der Waals surface area contributed by atoms with Gasteiger partial charge in [-0.15, -0.1) is 0 Å². The molecule has 4 rings (SSSR count). The van der Waals surface area contributed by atoms with Crippen molar-refractivity contribution in [1.29, 1.82) is 5.26 Å². The lowest BCUT2D eigenvalue weighted by Crippen LogP contribution is -2.26. The van der Waals surface area contributed by atoms with Crippen molar-refractivity contribution in [3.63, 3.8) is 0 Å². The fraction of sp³-hybridized carbons (Fsp3) is 0.0435. The number of anilines is 1. The highest BCUT2D eigenvalue weighted by Crippen LogP contribution is 2.26. The number of fused-ring (bicyclic) bond motifs is 1. The van der Waals surface area contributed by atoms with Crippen molar-refractivity contribution < 1.29 is 9.59 Å². The van der Waals surface area contributed by atoms with Crippen molar-refractivity contribution in [2.75, 3.05) is 11.9 Å². The quantitative estimate of drug-likeness (QED) is 0.573. The summed E-state index contributed by atoms with van der Waals surface area (Å²) in [5, 5.41) is 13.3. The van der Waals surface area contributed by atoms with Gasteiger partial charge in [0, 0.05) is 35.6 Å². The first-order chi connectivity index (χ1) is 14.5. The summed E-state index contributed by atoms with van der Waals surface area (Å²) in [6.07, 6.45) is 3.45. The molecule has 0 spiro atoms. The molecule has 2 aromatic heterocycles. The predicted octanol–water partition coefficient (Wildman–Crippen LogP) is 3.25. The highest BCUT2D eigenvalue weighted by Gasteiger charge is 2.16. The van der Waals surface area contributed by atoms with Crippen molar-refractivity contribution in [3.8, 4) is 17.2 Å². The summed E-state index contributed by atoms with van der Waals surface area (Å²) >= 11 is 0. The van der Waals surface area contributed by atoms with E-state index in [0.717, 1.165) is 16.6 Å². The molecule has 2 heterocycles. The molecule has 2 aromatic carbocycles. The number of rotatable bonds is 4. The largest absolute Gasteiger partial charge is 0.366 e. The van der Waals surface area contributed by atoms with Gasteiger partial charge in [-0.05, 0) is 54.1 Å². The Balaban J connectivity index is 1.68. The van der Waals surface area contributed by atoms with Gasteiger partial charge in [0.2, 0.25) is 5.91 Å². The van der Waals surface area contributed by atoms with Crippen molar-refractivity contribution in [1.82, 2.24) is 9.61 Å². The van der Waals surface area contributed by atoms with Crippen LogP contribution in [0.3, 0.4) is 0 Å². The lowest BCUT2D eigenvalue weighted by Gasteiger charge is -2.17. The summed E-state index contributed by atoms with van der Waals surface area (Å²) in [6, 6.07) is 19.3. The number of pyridine rings is 1. The Morgan fingerprint density at radius 1 is 1.03 bits per heavy atom. The van der Waals surface area contributed by atoms with Crippen LogP contribution in [0.15, 0.2) is 73.1 Å². The Kier molecular flexibility index (Phi) is 4.74. The van der Waals surface area contributed by atoms with Crippen LogP contribution in [0.4, 0.5) is 5.69 Å². The lowest BCUT2D eigenvalue weighted by atomic mass is 10.0. The van der Waals surface area contributed by atoms with Crippen molar-refractivity contribution in [2.24, 2.45) is 5.73 Å². The topological polar surface area (TPSA) is 104 Å². The second-order valence-corrected chi connectivity index (χ2v) is 6.77. The van der Waals surface area contributed by atoms with Crippen molar-refractivity contribution >= 4 is 23.0 Å². The Morgan fingerprint density at radius 3 is 2.37 bits per heavy atom. The second kappa shape index (κ2) is 7.53. The minimum absolute atomic E-state index is 0.182. The van der Waals surface area contributed by atoms with Gasteiger partial charge in [-0.3, -0.25) is 9.59 Å². The molecule has 0 unspecified atom stereocenters. The molecule has 0 saturated heterocycles. The van der Waals surface area contributed by atoms with Gasteiger partial charge in [0.25, 0.3) is 5.91 Å². The maximum absolute atomic E-state index is 13.0. The first-order valence-corrected chi connectivity index (χ1v) is 9.14. The Hall–Kier alpha value is -4.44. The molecule has 146 valence electrons. The minimum Gasteiger partial charge on any atom is -0.366 e. The van der Waals surface area contributed by atoms with E-state index in [1.54, 1.807) is 84.6 Å². The summed E-state index contributed by atoms with van der Waals surface area (Å²) in [7, 11) is 1.69. The van der Waals surface area contributed by atoms with E-state index in [1.165, 1.54) is 4.90 Å². The van der Waals surface area contributed by atoms with Gasteiger partial charge in [-0.2, -0.15) is 10.4 Å². The molecule has 0 aliphatic rings. The van der Waals surface area contributed by atoms with E-state index in [0.29, 0.717) is 22.4 Å². The highest BCUT2D eigenvalue weighted by molar-refractivity contribution is 6.06. The summed E-state index contributed by atoms with van der Waals surface area (Å²) in [5.74, 6) is -0.668. The first kappa shape index (κ1) is 18.9. The molecular weight excluding hydrogens is 378 g/mol. The maximum Gasteiger partial charge on any atom is 0.258 e. The number of nitrogens with zero attached hydrogens (tertiary/aromatic N) is 4. The molecule has 2 amide bonds. The Morgan fingerprint density at radius 2 is 1.73 bits per heavy atom. The van der Waals surface area contributed by atoms with Crippen LogP contribution in [0.1, 0.15) is 26.3 Å². The minimum atomic E-state index is -0.486. The summed E-state index contributed by atoms with van der Waals surface area (Å²) in [4.78, 5) is 25.8. The van der Waals surface area contributed by atoms with Crippen LogP contribution < -0.4 is 10.6 Å². The van der Waals surface area contributed by atoms with Crippen LogP contribution in [0.5, 0.6) is 0 Å². The number of nitrogens with two attached hydrogens (primary N) is 1. The zero-order valence-corrected chi connectivity index (χ0v) is 16.1. The number of aromatic nitrogens is 2. The van der Waals surface area contributed by atoms with Crippen LogP contribution in [0.2, 0.25) is 0 Å². The number of primary amides is 1. The number of hydrogen-bond acceptors (Lipinski definition) is 4. The van der Waals surface area contributed by atoms with E-state index in [-0.39, 0.29) is 5.91 Å². The van der Waals surface area contributed by atoms with E-state index < -0.39 is 5.91 Å². The molecule has 7 nitrogen and oxygen atoms in total. The molecular formula is C23H17N5O2. The smallest absolute Gasteiger partial charge is 0.258 e. The Labute approximate surface area is 172 Å². The van der Waals surface area contributed by atoms with E-state index in [9.17, 15) is 9.59 Å². The second-order valence-electron chi connectivity index (χ2n) is 6.77. The number of carbonyl (C=O) groups excluding carboxylic acids is 2. The molecule has 0 radical (unpaired) electrons. The molecule has 2 N–H and O–H groups in total. The number of benzene rings is 2. The summed E-state index contributed by atoms with van der Waals surface area (Å²) in [6.45, 7) is 0. The van der Waals surface area contributed by atoms with Gasteiger partial charge in [0.15, 0.2) is 0 Å². The average Bonchev–Trinajstić information content (AvgIpc) is 3.21. The van der Waals surface area contributed by atoms with E-state index in [1.807, 2.05) is 0 Å². The van der Waals surface area contributed by atoms with Crippen LogP contribution in [0.25, 0.3) is 16.6 Å². The van der Waals surface area contributed by atoms with E-state index >= 15 is 0 Å². The molecule has 0 saturated carbocycles. The molecule has 0 aliphatic carbocycles. The predicted molar refractivity (Wildman–Crippen MR) is 113 cm³/mol. The van der Waals surface area contributed by atoms with Gasteiger partial charge < -0.3 is 10.6 Å². The fourth-order valence-corrected chi connectivity index (χ4v) is 3.22. The zero-order valence-electron chi connectivity index (χ0n) is 16.1. The maximum atomic E-state index is 13.0.